The molecule has 0 rings (SSSR count). The standard InChI is InChI=1S/5FH.3Tb/h5*1H;;;/q;;;;;3*+3/p-5. The second-order valence-corrected chi connectivity index (χ2v) is 0. The van der Waals surface area contributed by atoms with E-state index < -0.39 is 0 Å². The molecule has 0 spiro atoms. The van der Waals surface area contributed by atoms with Gasteiger partial charge in [0.25, 0.3) is 0 Å². The summed E-state index contributed by atoms with van der Waals surface area (Å²) >= 11 is 0. The number of hydrogen-bond acceptors (Lipinski definition) is 0. The van der Waals surface area contributed by atoms with Crippen molar-refractivity contribution in [1.29, 1.82) is 0 Å². The average Bonchev–Trinajstić information content (AvgIpc) is 0. The Hall–Kier alpha value is 3.51. The van der Waals surface area contributed by atoms with Crippen molar-refractivity contribution in [3.05, 3.63) is 0 Å². The van der Waals surface area contributed by atoms with Crippen LogP contribution in [0.4, 0.5) is 0 Å². The van der Waals surface area contributed by atoms with Gasteiger partial charge in [-0.1, -0.05) is 0 Å². The molecule has 8 heavy (non-hydrogen) atoms. The van der Waals surface area contributed by atoms with Crippen LogP contribution in [0.2, 0.25) is 0 Å². The fourth-order valence-electron chi connectivity index (χ4n) is 0. The van der Waals surface area contributed by atoms with Crippen LogP contribution in [0.5, 0.6) is 0 Å². The van der Waals surface area contributed by atoms with E-state index in [9.17, 15) is 0 Å². The summed E-state index contributed by atoms with van der Waals surface area (Å²) in [6, 6.07) is 0. The molecular weight excluding hydrogens is 572 g/mol. The van der Waals surface area contributed by atoms with Gasteiger partial charge in [0.15, 0.2) is 0 Å². The van der Waals surface area contributed by atoms with Crippen LogP contribution in [0.25, 0.3) is 0 Å². The Morgan fingerprint density at radius 1 is 0.250 bits per heavy atom. The van der Waals surface area contributed by atoms with Gasteiger partial charge < -0.3 is 23.5 Å². The van der Waals surface area contributed by atoms with Crippen molar-refractivity contribution >= 4 is 0 Å². The van der Waals surface area contributed by atoms with Crippen molar-refractivity contribution in [2.75, 3.05) is 0 Å². The van der Waals surface area contributed by atoms with Crippen molar-refractivity contribution < 1.29 is 139 Å². The Kier molecular flexibility index (Phi) is 997. The van der Waals surface area contributed by atoms with E-state index in [0.29, 0.717) is 0 Å². The molecule has 0 aliphatic carbocycles. The van der Waals surface area contributed by atoms with E-state index in [1.165, 1.54) is 0 Å². The normalized spacial score (nSPS) is 0. The molecule has 0 aliphatic heterocycles. The van der Waals surface area contributed by atoms with E-state index in [1.54, 1.807) is 0 Å². The molecule has 0 bridgehead atoms. The molecule has 58 valence electrons. The van der Waals surface area contributed by atoms with Gasteiger partial charge in [-0.2, -0.15) is 0 Å². The van der Waals surface area contributed by atoms with Gasteiger partial charge in [0.1, 0.15) is 0 Å². The van der Waals surface area contributed by atoms with Gasteiger partial charge in [-0.05, 0) is 0 Å². The average molecular weight is 572 g/mol. The van der Waals surface area contributed by atoms with Gasteiger partial charge in [0, 0.05) is 0 Å². The van der Waals surface area contributed by atoms with Crippen LogP contribution in [0.3, 0.4) is 0 Å². The SMILES string of the molecule is [F-].[F-].[F-].[F-].[F-].[Tb+3].[Tb+3].[Tb+3]. The van der Waals surface area contributed by atoms with Gasteiger partial charge in [-0.15, -0.1) is 0 Å². The van der Waals surface area contributed by atoms with E-state index in [2.05, 4.69) is 0 Å². The molecule has 0 amide bonds. The van der Waals surface area contributed by atoms with Gasteiger partial charge in [-0.25, -0.2) is 0 Å². The fraction of sp³-hybridized carbons (Fsp3) is 0. The predicted molar refractivity (Wildman–Crippen MR) is 0 cm³/mol. The first kappa shape index (κ1) is 103. The molecule has 0 aliphatic rings. The van der Waals surface area contributed by atoms with Crippen LogP contribution < -0.4 is 23.5 Å². The zero-order chi connectivity index (χ0) is 0. The Morgan fingerprint density at radius 2 is 0.250 bits per heavy atom. The third-order valence-corrected chi connectivity index (χ3v) is 0. The Balaban J connectivity index is 0. The number of rotatable bonds is 0. The molecule has 0 nitrogen and oxygen atoms in total. The fourth-order valence-corrected chi connectivity index (χ4v) is 0. The molecule has 0 N–H and O–H groups in total. The quantitative estimate of drug-likeness (QED) is 0.254. The zero-order valence-electron chi connectivity index (χ0n) is 2.89. The van der Waals surface area contributed by atoms with Crippen LogP contribution >= 0.6 is 0 Å². The Labute approximate surface area is 136 Å². The summed E-state index contributed by atoms with van der Waals surface area (Å²) in [5.41, 5.74) is 0. The van der Waals surface area contributed by atoms with Crippen LogP contribution in [0.15, 0.2) is 0 Å². The van der Waals surface area contributed by atoms with Crippen molar-refractivity contribution in [2.24, 2.45) is 0 Å². The van der Waals surface area contributed by atoms with E-state index >= 15 is 0 Å². The monoisotopic (exact) mass is 572 g/mol. The van der Waals surface area contributed by atoms with Crippen LogP contribution in [0, 0.1) is 116 Å². The third kappa shape index (κ3) is 55.9. The summed E-state index contributed by atoms with van der Waals surface area (Å²) in [4.78, 5) is 0. The largest absolute Gasteiger partial charge is 3.00 e. The maximum Gasteiger partial charge on any atom is 3.00 e. The Morgan fingerprint density at radius 3 is 0.250 bits per heavy atom. The summed E-state index contributed by atoms with van der Waals surface area (Å²) in [5, 5.41) is 0. The molecule has 0 fully saturated rings. The first-order chi connectivity index (χ1) is 0. The van der Waals surface area contributed by atoms with E-state index in [4.69, 9.17) is 0 Å². The first-order valence-electron chi connectivity index (χ1n) is 0. The predicted octanol–water partition coefficient (Wildman–Crippen LogP) is -15.0. The summed E-state index contributed by atoms with van der Waals surface area (Å²) in [5.74, 6) is 0. The summed E-state index contributed by atoms with van der Waals surface area (Å²) < 4.78 is 0. The second kappa shape index (κ2) is 77.2. The van der Waals surface area contributed by atoms with Gasteiger partial charge in [0.2, 0.25) is 0 Å². The van der Waals surface area contributed by atoms with Gasteiger partial charge in [-0.3, -0.25) is 0 Å². The molecule has 0 aromatic carbocycles. The van der Waals surface area contributed by atoms with Crippen molar-refractivity contribution in [3.8, 4) is 0 Å². The van der Waals surface area contributed by atoms with E-state index in [-0.39, 0.29) is 139 Å². The van der Waals surface area contributed by atoms with E-state index in [1.807, 2.05) is 0 Å². The molecule has 8 heteroatoms. The number of halogens is 5. The topological polar surface area (TPSA) is 0 Å². The van der Waals surface area contributed by atoms with Crippen LogP contribution in [-0.2, 0) is 0 Å². The molecule has 0 heterocycles. The summed E-state index contributed by atoms with van der Waals surface area (Å²) in [6.45, 7) is 0. The van der Waals surface area contributed by atoms with Crippen LogP contribution in [0.1, 0.15) is 0 Å². The molecule has 0 radical (unpaired) electrons. The van der Waals surface area contributed by atoms with Crippen molar-refractivity contribution in [1.82, 2.24) is 0 Å². The minimum atomic E-state index is 0. The summed E-state index contributed by atoms with van der Waals surface area (Å²) in [6.07, 6.45) is 0. The second-order valence-electron chi connectivity index (χ2n) is 0. The van der Waals surface area contributed by atoms with E-state index in [0.717, 1.165) is 0 Å². The molecule has 0 saturated heterocycles. The Bertz CT molecular complexity index is 7.64. The van der Waals surface area contributed by atoms with Gasteiger partial charge in [0.05, 0.1) is 0 Å². The summed E-state index contributed by atoms with van der Waals surface area (Å²) in [7, 11) is 0. The molecular formula is F5Tb3+4. The molecule has 0 aromatic rings. The molecule has 0 atom stereocenters. The van der Waals surface area contributed by atoms with Crippen molar-refractivity contribution in [2.45, 2.75) is 0 Å². The third-order valence-electron chi connectivity index (χ3n) is 0. The minimum absolute atomic E-state index is 0. The molecule has 0 aromatic heterocycles. The molecule has 0 saturated carbocycles. The minimum Gasteiger partial charge on any atom is -1.00 e. The van der Waals surface area contributed by atoms with Gasteiger partial charge >= 0.3 is 116 Å². The number of hydrogen-bond donors (Lipinski definition) is 0. The smallest absolute Gasteiger partial charge is 1.00 e. The van der Waals surface area contributed by atoms with Crippen molar-refractivity contribution in [3.63, 3.8) is 0 Å². The van der Waals surface area contributed by atoms with Crippen LogP contribution in [-0.4, -0.2) is 0 Å². The molecule has 0 unspecified atom stereocenters. The maximum atomic E-state index is 0. The maximum absolute atomic E-state index is 0. The zero-order valence-corrected chi connectivity index (χ0v) is 9.31. The first-order valence-corrected chi connectivity index (χ1v) is 0.